The first-order chi connectivity index (χ1) is 17.8. The molecule has 0 spiro atoms. The van der Waals surface area contributed by atoms with Gasteiger partial charge in [0.15, 0.2) is 0 Å². The molecule has 202 valence electrons. The second-order valence-electron chi connectivity index (χ2n) is 9.44. The lowest BCUT2D eigenvalue weighted by molar-refractivity contribution is 0.0634. The minimum absolute atomic E-state index is 0.0745. The van der Waals surface area contributed by atoms with Crippen LogP contribution in [0.25, 0.3) is 17.3 Å². The Hall–Kier alpha value is -3.08. The number of nitrogens with zero attached hydrogens (tertiary/aromatic N) is 5. The average Bonchev–Trinajstić information content (AvgIpc) is 3.19. The molecule has 7 nitrogen and oxygen atoms in total. The van der Waals surface area contributed by atoms with Crippen molar-refractivity contribution in [3.05, 3.63) is 52.4 Å². The molecule has 0 bridgehead atoms. The molecule has 0 aliphatic carbocycles. The lowest BCUT2D eigenvalue weighted by Gasteiger charge is -2.35. The quantitative estimate of drug-likeness (QED) is 0.453. The van der Waals surface area contributed by atoms with Gasteiger partial charge in [0.05, 0.1) is 24.1 Å². The molecule has 1 saturated heterocycles. The summed E-state index contributed by atoms with van der Waals surface area (Å²) in [6, 6.07) is 10.1. The van der Waals surface area contributed by atoms with Crippen LogP contribution >= 0.6 is 0 Å². The van der Waals surface area contributed by atoms with Gasteiger partial charge in [-0.25, -0.2) is 0 Å². The molecular weight excluding hydrogens is 462 g/mol. The molecule has 37 heavy (non-hydrogen) atoms. The van der Waals surface area contributed by atoms with Crippen LogP contribution < -0.4 is 0 Å². The maximum absolute atomic E-state index is 13.1. The number of hydrogen-bond acceptors (Lipinski definition) is 5. The standard InChI is InChI=1S/C28H39N5O2.C2H6/c1-7-24-25(20-29)27(31(5)26(24)19-21(2)35-6)22-9-11-23(12-10-22)28(34)33-17-15-32(16-18-33)14-8-13-30(3)4;1-2/h9-12,19H,7-8,13-18H2,1-6H3;1-2H3/b21-19+;. The van der Waals surface area contributed by atoms with Crippen LogP contribution in [0.5, 0.6) is 0 Å². The molecule has 0 radical (unpaired) electrons. The molecule has 1 aromatic carbocycles. The van der Waals surface area contributed by atoms with E-state index in [9.17, 15) is 10.1 Å². The number of carbonyl (C=O) groups is 1. The third kappa shape index (κ3) is 7.47. The number of amides is 1. The Morgan fingerprint density at radius 2 is 1.76 bits per heavy atom. The zero-order valence-electron chi connectivity index (χ0n) is 24.1. The van der Waals surface area contributed by atoms with Gasteiger partial charge in [-0.15, -0.1) is 0 Å². The summed E-state index contributed by atoms with van der Waals surface area (Å²) in [6.07, 6.45) is 3.87. The predicted octanol–water partition coefficient (Wildman–Crippen LogP) is 4.87. The van der Waals surface area contributed by atoms with E-state index in [1.807, 2.05) is 67.6 Å². The number of methoxy groups -OCH3 is 1. The normalized spacial score (nSPS) is 14.3. The van der Waals surface area contributed by atoms with Crippen LogP contribution in [0.15, 0.2) is 30.0 Å². The molecule has 2 aromatic rings. The third-order valence-electron chi connectivity index (χ3n) is 6.82. The summed E-state index contributed by atoms with van der Waals surface area (Å²) in [5.74, 6) is 0.862. The van der Waals surface area contributed by atoms with E-state index in [0.717, 1.165) is 80.4 Å². The van der Waals surface area contributed by atoms with E-state index in [4.69, 9.17) is 4.74 Å². The molecule has 1 fully saturated rings. The number of aromatic nitrogens is 1. The number of hydrogen-bond donors (Lipinski definition) is 0. The summed E-state index contributed by atoms with van der Waals surface area (Å²) < 4.78 is 7.40. The lowest BCUT2D eigenvalue weighted by atomic mass is 10.0. The van der Waals surface area contributed by atoms with Crippen LogP contribution in [0.3, 0.4) is 0 Å². The van der Waals surface area contributed by atoms with Gasteiger partial charge in [0, 0.05) is 44.5 Å². The number of piperazine rings is 1. The summed E-state index contributed by atoms with van der Waals surface area (Å²) in [4.78, 5) is 19.7. The van der Waals surface area contributed by atoms with Crippen molar-refractivity contribution in [3.8, 4) is 17.3 Å². The Kier molecular flexibility index (Phi) is 11.9. The largest absolute Gasteiger partial charge is 0.501 e. The number of allylic oxidation sites excluding steroid dienone is 1. The highest BCUT2D eigenvalue weighted by atomic mass is 16.5. The van der Waals surface area contributed by atoms with E-state index in [2.05, 4.69) is 36.9 Å². The Labute approximate surface area is 223 Å². The van der Waals surface area contributed by atoms with E-state index < -0.39 is 0 Å². The van der Waals surface area contributed by atoms with Gasteiger partial charge in [-0.2, -0.15) is 5.26 Å². The van der Waals surface area contributed by atoms with Gasteiger partial charge in [-0.05, 0) is 76.3 Å². The van der Waals surface area contributed by atoms with Crippen LogP contribution in [0.2, 0.25) is 0 Å². The van der Waals surface area contributed by atoms with Gasteiger partial charge >= 0.3 is 0 Å². The van der Waals surface area contributed by atoms with Crippen LogP contribution in [0, 0.1) is 11.3 Å². The van der Waals surface area contributed by atoms with Crippen LogP contribution in [0.1, 0.15) is 61.3 Å². The molecule has 1 aliphatic heterocycles. The molecule has 0 unspecified atom stereocenters. The topological polar surface area (TPSA) is 64.7 Å². The summed E-state index contributed by atoms with van der Waals surface area (Å²) in [5, 5.41) is 9.95. The fourth-order valence-electron chi connectivity index (χ4n) is 4.75. The van der Waals surface area contributed by atoms with E-state index in [1.54, 1.807) is 7.11 Å². The van der Waals surface area contributed by atoms with E-state index in [1.165, 1.54) is 0 Å². The highest BCUT2D eigenvalue weighted by Crippen LogP contribution is 2.32. The SMILES string of the molecule is CC.CCc1c(C#N)c(-c2ccc(C(=O)N3CCN(CCCN(C)C)CC3)cc2)n(C)c1/C=C(\C)OC. The monoisotopic (exact) mass is 507 g/mol. The summed E-state index contributed by atoms with van der Waals surface area (Å²) >= 11 is 0. The van der Waals surface area contributed by atoms with E-state index >= 15 is 0 Å². The van der Waals surface area contributed by atoms with Gasteiger partial charge in [-0.1, -0.05) is 32.9 Å². The van der Waals surface area contributed by atoms with Crippen molar-refractivity contribution in [2.45, 2.75) is 40.5 Å². The molecule has 0 atom stereocenters. The number of carbonyl (C=O) groups excluding carboxylic acids is 1. The first-order valence-electron chi connectivity index (χ1n) is 13.4. The minimum Gasteiger partial charge on any atom is -0.501 e. The Morgan fingerprint density at radius 3 is 2.27 bits per heavy atom. The van der Waals surface area contributed by atoms with E-state index in [0.29, 0.717) is 11.1 Å². The summed E-state index contributed by atoms with van der Waals surface area (Å²) in [7, 11) is 7.82. The van der Waals surface area contributed by atoms with Crippen molar-refractivity contribution < 1.29 is 9.53 Å². The number of nitriles is 1. The van der Waals surface area contributed by atoms with Crippen molar-refractivity contribution in [1.82, 2.24) is 19.3 Å². The van der Waals surface area contributed by atoms with Gasteiger partial charge in [0.1, 0.15) is 6.07 Å². The lowest BCUT2D eigenvalue weighted by Crippen LogP contribution is -2.49. The first-order valence-corrected chi connectivity index (χ1v) is 13.4. The van der Waals surface area contributed by atoms with Crippen molar-refractivity contribution in [2.24, 2.45) is 7.05 Å². The maximum atomic E-state index is 13.1. The van der Waals surface area contributed by atoms with Gasteiger partial charge in [0.2, 0.25) is 0 Å². The number of rotatable bonds is 9. The predicted molar refractivity (Wildman–Crippen MR) is 152 cm³/mol. The highest BCUT2D eigenvalue weighted by molar-refractivity contribution is 5.95. The Morgan fingerprint density at radius 1 is 1.14 bits per heavy atom. The van der Waals surface area contributed by atoms with Crippen molar-refractivity contribution >= 4 is 12.0 Å². The highest BCUT2D eigenvalue weighted by Gasteiger charge is 2.23. The summed E-state index contributed by atoms with van der Waals surface area (Å²) in [5.41, 5.74) is 5.13. The number of ether oxygens (including phenoxy) is 1. The molecule has 0 N–H and O–H groups in total. The summed E-state index contributed by atoms with van der Waals surface area (Å²) in [6.45, 7) is 13.5. The third-order valence-corrected chi connectivity index (χ3v) is 6.82. The molecule has 7 heteroatoms. The second-order valence-corrected chi connectivity index (χ2v) is 9.44. The smallest absolute Gasteiger partial charge is 0.253 e. The van der Waals surface area contributed by atoms with E-state index in [-0.39, 0.29) is 5.91 Å². The van der Waals surface area contributed by atoms with Crippen LogP contribution in [-0.4, -0.2) is 85.6 Å². The molecule has 3 rings (SSSR count). The zero-order valence-corrected chi connectivity index (χ0v) is 24.1. The fourth-order valence-corrected chi connectivity index (χ4v) is 4.75. The molecule has 1 amide bonds. The molecular formula is C30H45N5O2. The average molecular weight is 508 g/mol. The molecule has 0 saturated carbocycles. The van der Waals surface area contributed by atoms with Crippen LogP contribution in [0.4, 0.5) is 0 Å². The Bertz CT molecular complexity index is 1080. The molecule has 1 aromatic heterocycles. The van der Waals surface area contributed by atoms with Gasteiger partial charge in [0.25, 0.3) is 5.91 Å². The number of benzene rings is 1. The van der Waals surface area contributed by atoms with Crippen molar-refractivity contribution in [1.29, 1.82) is 5.26 Å². The van der Waals surface area contributed by atoms with Crippen molar-refractivity contribution in [3.63, 3.8) is 0 Å². The molecule has 1 aliphatic rings. The zero-order chi connectivity index (χ0) is 27.5. The maximum Gasteiger partial charge on any atom is 0.253 e. The van der Waals surface area contributed by atoms with Gasteiger partial charge in [-0.3, -0.25) is 9.69 Å². The second kappa shape index (κ2) is 14.6. The minimum atomic E-state index is 0.0745. The van der Waals surface area contributed by atoms with Gasteiger partial charge < -0.3 is 19.1 Å². The van der Waals surface area contributed by atoms with Crippen LogP contribution in [-0.2, 0) is 18.2 Å². The Balaban J connectivity index is 0.00000235. The first kappa shape index (κ1) is 30.1. The fraction of sp³-hybridized carbons (Fsp3) is 0.533. The van der Waals surface area contributed by atoms with Crippen molar-refractivity contribution in [2.75, 3.05) is 60.5 Å². The molecule has 2 heterocycles.